The topological polar surface area (TPSA) is 82.1 Å². The molecule has 0 atom stereocenters. The molecule has 0 aromatic carbocycles. The van der Waals surface area contributed by atoms with Crippen molar-refractivity contribution in [2.75, 3.05) is 13.2 Å². The van der Waals surface area contributed by atoms with Crippen LogP contribution in [0.4, 0.5) is 0 Å². The third kappa shape index (κ3) is 2.46. The molecular weight excluding hydrogens is 276 g/mol. The molecular formula is C13H16N4O2S. The predicted octanol–water partition coefficient (Wildman–Crippen LogP) is 0.990. The molecule has 1 aliphatic carbocycles. The molecule has 0 radical (unpaired) electrons. The maximum atomic E-state index is 12.6. The highest BCUT2D eigenvalue weighted by Crippen LogP contribution is 2.24. The van der Waals surface area contributed by atoms with Crippen molar-refractivity contribution >= 4 is 17.2 Å². The van der Waals surface area contributed by atoms with Crippen molar-refractivity contribution < 1.29 is 9.90 Å². The fourth-order valence-corrected chi connectivity index (χ4v) is 3.14. The van der Waals surface area contributed by atoms with E-state index in [-0.39, 0.29) is 12.5 Å². The number of amides is 1. The van der Waals surface area contributed by atoms with Gasteiger partial charge in [-0.25, -0.2) is 4.98 Å². The van der Waals surface area contributed by atoms with Crippen LogP contribution in [0.3, 0.4) is 0 Å². The van der Waals surface area contributed by atoms with Crippen LogP contribution in [0.1, 0.15) is 33.2 Å². The van der Waals surface area contributed by atoms with Crippen molar-refractivity contribution in [2.24, 2.45) is 0 Å². The van der Waals surface area contributed by atoms with Crippen molar-refractivity contribution in [2.45, 2.75) is 25.8 Å². The molecule has 3 rings (SSSR count). The Kier molecular flexibility index (Phi) is 3.79. The number of nitrogens with one attached hydrogen (secondary N) is 1. The monoisotopic (exact) mass is 292 g/mol. The Morgan fingerprint density at radius 3 is 3.15 bits per heavy atom. The van der Waals surface area contributed by atoms with Crippen LogP contribution in [0.15, 0.2) is 11.6 Å². The Morgan fingerprint density at radius 2 is 2.40 bits per heavy atom. The number of hydrogen-bond donors (Lipinski definition) is 2. The molecule has 0 saturated heterocycles. The van der Waals surface area contributed by atoms with Gasteiger partial charge in [0.05, 0.1) is 13.2 Å². The van der Waals surface area contributed by atoms with Gasteiger partial charge < -0.3 is 10.0 Å². The van der Waals surface area contributed by atoms with Crippen molar-refractivity contribution in [1.29, 1.82) is 0 Å². The van der Waals surface area contributed by atoms with E-state index in [4.69, 9.17) is 5.11 Å². The molecule has 6 nitrogen and oxygen atoms in total. The van der Waals surface area contributed by atoms with E-state index in [1.54, 1.807) is 11.1 Å². The fourth-order valence-electron chi connectivity index (χ4n) is 2.51. The number of nitrogens with zero attached hydrogens (tertiary/aromatic N) is 3. The lowest BCUT2D eigenvalue weighted by molar-refractivity contribution is 0.0700. The summed E-state index contributed by atoms with van der Waals surface area (Å²) >= 11 is 1.50. The van der Waals surface area contributed by atoms with E-state index in [0.29, 0.717) is 18.8 Å². The molecule has 0 bridgehead atoms. The van der Waals surface area contributed by atoms with Gasteiger partial charge >= 0.3 is 0 Å². The zero-order valence-electron chi connectivity index (χ0n) is 11.0. The highest BCUT2D eigenvalue weighted by Gasteiger charge is 2.26. The number of aliphatic hydroxyl groups excluding tert-OH is 1. The number of hydrogen-bond acceptors (Lipinski definition) is 5. The molecule has 20 heavy (non-hydrogen) atoms. The maximum absolute atomic E-state index is 12.6. The first-order valence-corrected chi connectivity index (χ1v) is 7.52. The number of carbonyl (C=O) groups excluding carboxylic acids is 1. The largest absolute Gasteiger partial charge is 0.395 e. The maximum Gasteiger partial charge on any atom is 0.275 e. The van der Waals surface area contributed by atoms with Gasteiger partial charge in [0.2, 0.25) is 0 Å². The third-order valence-corrected chi connectivity index (χ3v) is 4.24. The summed E-state index contributed by atoms with van der Waals surface area (Å²) in [6, 6.07) is 0. The van der Waals surface area contributed by atoms with Gasteiger partial charge in [-0.15, -0.1) is 11.3 Å². The van der Waals surface area contributed by atoms with Crippen LogP contribution in [0.2, 0.25) is 0 Å². The lowest BCUT2D eigenvalue weighted by Gasteiger charge is -2.19. The predicted molar refractivity (Wildman–Crippen MR) is 74.6 cm³/mol. The second kappa shape index (κ2) is 5.72. The van der Waals surface area contributed by atoms with Crippen LogP contribution in [0.5, 0.6) is 0 Å². The van der Waals surface area contributed by atoms with Crippen molar-refractivity contribution in [1.82, 2.24) is 20.1 Å². The van der Waals surface area contributed by atoms with Gasteiger partial charge in [0, 0.05) is 29.4 Å². The number of thiazole rings is 1. The Bertz CT molecular complexity index is 594. The summed E-state index contributed by atoms with van der Waals surface area (Å²) in [5, 5.41) is 19.0. The second-order valence-electron chi connectivity index (χ2n) is 4.76. The number of fused-ring (bicyclic) bond motifs is 1. The molecule has 0 unspecified atom stereocenters. The van der Waals surface area contributed by atoms with E-state index < -0.39 is 0 Å². The lowest BCUT2D eigenvalue weighted by Crippen LogP contribution is -2.33. The summed E-state index contributed by atoms with van der Waals surface area (Å²) < 4.78 is 0. The summed E-state index contributed by atoms with van der Waals surface area (Å²) in [5.41, 5.74) is 2.62. The SMILES string of the molecule is O=C(c1n[nH]c2c1CCC2)N(CCO)Cc1nccs1. The van der Waals surface area contributed by atoms with E-state index in [1.165, 1.54) is 11.3 Å². The van der Waals surface area contributed by atoms with Crippen LogP contribution >= 0.6 is 11.3 Å². The number of aromatic nitrogens is 3. The number of H-pyrrole nitrogens is 1. The molecule has 2 aromatic heterocycles. The van der Waals surface area contributed by atoms with E-state index in [2.05, 4.69) is 15.2 Å². The van der Waals surface area contributed by atoms with Crippen LogP contribution in [-0.4, -0.2) is 44.2 Å². The average molecular weight is 292 g/mol. The molecule has 0 saturated carbocycles. The Hall–Kier alpha value is -1.73. The lowest BCUT2D eigenvalue weighted by atomic mass is 10.2. The highest BCUT2D eigenvalue weighted by atomic mass is 32.1. The zero-order chi connectivity index (χ0) is 13.9. The molecule has 0 fully saturated rings. The number of carbonyl (C=O) groups is 1. The Balaban J connectivity index is 1.81. The van der Waals surface area contributed by atoms with Gasteiger partial charge in [-0.3, -0.25) is 9.89 Å². The Labute approximate surface area is 120 Å². The summed E-state index contributed by atoms with van der Waals surface area (Å²) in [7, 11) is 0. The van der Waals surface area contributed by atoms with E-state index >= 15 is 0 Å². The minimum atomic E-state index is -0.131. The first-order valence-electron chi connectivity index (χ1n) is 6.64. The first kappa shape index (κ1) is 13.3. The van der Waals surface area contributed by atoms with Crippen molar-refractivity contribution in [3.63, 3.8) is 0 Å². The van der Waals surface area contributed by atoms with E-state index in [9.17, 15) is 4.79 Å². The van der Waals surface area contributed by atoms with E-state index in [0.717, 1.165) is 35.5 Å². The number of aryl methyl sites for hydroxylation is 1. The normalized spacial score (nSPS) is 13.4. The van der Waals surface area contributed by atoms with Gasteiger partial charge in [-0.05, 0) is 19.3 Å². The quantitative estimate of drug-likeness (QED) is 0.861. The summed E-state index contributed by atoms with van der Waals surface area (Å²) in [6.45, 7) is 0.641. The summed E-state index contributed by atoms with van der Waals surface area (Å²) in [4.78, 5) is 18.4. The molecule has 7 heteroatoms. The molecule has 0 spiro atoms. The molecule has 1 amide bonds. The average Bonchev–Trinajstić information content (AvgIpc) is 3.14. The van der Waals surface area contributed by atoms with Gasteiger partial charge in [0.25, 0.3) is 5.91 Å². The van der Waals surface area contributed by atoms with Crippen molar-refractivity contribution in [3.05, 3.63) is 33.5 Å². The molecule has 1 aliphatic rings. The molecule has 2 aromatic rings. The minimum absolute atomic E-state index is 0.0657. The summed E-state index contributed by atoms with van der Waals surface area (Å²) in [6.07, 6.45) is 4.64. The van der Waals surface area contributed by atoms with Crippen LogP contribution in [0.25, 0.3) is 0 Å². The van der Waals surface area contributed by atoms with Gasteiger partial charge in [0.15, 0.2) is 5.69 Å². The highest BCUT2D eigenvalue weighted by molar-refractivity contribution is 7.09. The van der Waals surface area contributed by atoms with Gasteiger partial charge in [-0.2, -0.15) is 5.10 Å². The number of rotatable bonds is 5. The second-order valence-corrected chi connectivity index (χ2v) is 5.74. The number of aliphatic hydroxyl groups is 1. The Morgan fingerprint density at radius 1 is 1.50 bits per heavy atom. The van der Waals surface area contributed by atoms with Gasteiger partial charge in [-0.1, -0.05) is 0 Å². The third-order valence-electron chi connectivity index (χ3n) is 3.48. The molecule has 2 N–H and O–H groups in total. The summed E-state index contributed by atoms with van der Waals surface area (Å²) in [5.74, 6) is -0.131. The molecule has 0 aliphatic heterocycles. The molecule has 2 heterocycles. The van der Waals surface area contributed by atoms with Crippen molar-refractivity contribution in [3.8, 4) is 0 Å². The smallest absolute Gasteiger partial charge is 0.275 e. The standard InChI is InChI=1S/C13H16N4O2S/c18-6-5-17(8-11-14-4-7-20-11)13(19)12-9-2-1-3-10(9)15-16-12/h4,7,18H,1-3,5-6,8H2,(H,15,16). The van der Waals surface area contributed by atoms with E-state index in [1.807, 2.05) is 5.38 Å². The van der Waals surface area contributed by atoms with Crippen LogP contribution < -0.4 is 0 Å². The molecule has 106 valence electrons. The van der Waals surface area contributed by atoms with Crippen LogP contribution in [0, 0.1) is 0 Å². The fraction of sp³-hybridized carbons (Fsp3) is 0.462. The number of aromatic amines is 1. The zero-order valence-corrected chi connectivity index (χ0v) is 11.8. The first-order chi connectivity index (χ1) is 9.79. The minimum Gasteiger partial charge on any atom is -0.395 e. The van der Waals surface area contributed by atoms with Gasteiger partial charge in [0.1, 0.15) is 5.01 Å². The van der Waals surface area contributed by atoms with Crippen LogP contribution in [-0.2, 0) is 19.4 Å².